The summed E-state index contributed by atoms with van der Waals surface area (Å²) in [6, 6.07) is 9.02. The van der Waals surface area contributed by atoms with Gasteiger partial charge >= 0.3 is 0 Å². The Morgan fingerprint density at radius 2 is 1.47 bits per heavy atom. The molecule has 19 heavy (non-hydrogen) atoms. The van der Waals surface area contributed by atoms with E-state index in [0.717, 1.165) is 16.7 Å². The van der Waals surface area contributed by atoms with Crippen LogP contribution in [0.5, 0.6) is 0 Å². The summed E-state index contributed by atoms with van der Waals surface area (Å²) >= 11 is 24.3. The summed E-state index contributed by atoms with van der Waals surface area (Å²) in [4.78, 5) is 0. The van der Waals surface area contributed by atoms with Crippen LogP contribution in [0.3, 0.4) is 0 Å². The smallest absolute Gasteiger partial charge is 0.0607 e. The Bertz CT molecular complexity index is 611. The van der Waals surface area contributed by atoms with Crippen LogP contribution in [0.25, 0.3) is 11.1 Å². The standard InChI is InChI=1S/C14H11Cl4N/c15-9-1-2-10(8(5-9)3-4-19)11-6-13(17)14(18)7-12(11)16/h1-2,5-7H,3-4,19H2. The highest BCUT2D eigenvalue weighted by Crippen LogP contribution is 2.37. The first-order valence-electron chi connectivity index (χ1n) is 5.66. The zero-order valence-electron chi connectivity index (χ0n) is 9.89. The van der Waals surface area contributed by atoms with Gasteiger partial charge in [-0.2, -0.15) is 0 Å². The lowest BCUT2D eigenvalue weighted by atomic mass is 9.97. The predicted molar refractivity (Wildman–Crippen MR) is 84.7 cm³/mol. The average molecular weight is 335 g/mol. The van der Waals surface area contributed by atoms with Crippen LogP contribution in [-0.2, 0) is 6.42 Å². The maximum Gasteiger partial charge on any atom is 0.0607 e. The molecule has 5 heteroatoms. The highest BCUT2D eigenvalue weighted by molar-refractivity contribution is 6.44. The lowest BCUT2D eigenvalue weighted by Crippen LogP contribution is -2.04. The second-order valence-corrected chi connectivity index (χ2v) is 5.74. The monoisotopic (exact) mass is 333 g/mol. The minimum atomic E-state index is 0.435. The SMILES string of the molecule is NCCc1cc(Cl)ccc1-c1cc(Cl)c(Cl)cc1Cl. The molecule has 0 atom stereocenters. The zero-order valence-corrected chi connectivity index (χ0v) is 12.9. The van der Waals surface area contributed by atoms with Gasteiger partial charge in [0.2, 0.25) is 0 Å². The Balaban J connectivity index is 2.61. The summed E-state index contributed by atoms with van der Waals surface area (Å²) in [5.41, 5.74) is 8.46. The molecule has 100 valence electrons. The minimum absolute atomic E-state index is 0.435. The summed E-state index contributed by atoms with van der Waals surface area (Å²) in [6.45, 7) is 0.534. The second kappa shape index (κ2) is 6.34. The summed E-state index contributed by atoms with van der Waals surface area (Å²) in [5.74, 6) is 0. The van der Waals surface area contributed by atoms with Crippen molar-refractivity contribution in [1.82, 2.24) is 0 Å². The predicted octanol–water partition coefficient (Wildman–Crippen LogP) is 5.47. The first-order valence-corrected chi connectivity index (χ1v) is 7.17. The maximum absolute atomic E-state index is 6.24. The summed E-state index contributed by atoms with van der Waals surface area (Å²) in [6.07, 6.45) is 0.715. The molecule has 0 aliphatic heterocycles. The molecule has 0 unspecified atom stereocenters. The van der Waals surface area contributed by atoms with Gasteiger partial charge in [0.15, 0.2) is 0 Å². The van der Waals surface area contributed by atoms with Crippen molar-refractivity contribution in [2.24, 2.45) is 5.73 Å². The average Bonchev–Trinajstić information content (AvgIpc) is 2.35. The van der Waals surface area contributed by atoms with Crippen LogP contribution in [0.2, 0.25) is 20.1 Å². The third-order valence-corrected chi connectivity index (χ3v) is 4.05. The molecule has 0 bridgehead atoms. The summed E-state index contributed by atoms with van der Waals surface area (Å²) < 4.78 is 0. The van der Waals surface area contributed by atoms with Crippen LogP contribution in [0, 0.1) is 0 Å². The first kappa shape index (κ1) is 15.0. The molecular weight excluding hydrogens is 324 g/mol. The largest absolute Gasteiger partial charge is 0.330 e. The van der Waals surface area contributed by atoms with Crippen LogP contribution in [-0.4, -0.2) is 6.54 Å². The normalized spacial score (nSPS) is 10.8. The minimum Gasteiger partial charge on any atom is -0.330 e. The van der Waals surface area contributed by atoms with Gasteiger partial charge in [-0.3, -0.25) is 0 Å². The van der Waals surface area contributed by atoms with Gasteiger partial charge in [-0.05, 0) is 48.4 Å². The molecule has 0 saturated heterocycles. The van der Waals surface area contributed by atoms with Crippen molar-refractivity contribution in [2.45, 2.75) is 6.42 Å². The van der Waals surface area contributed by atoms with Crippen molar-refractivity contribution in [1.29, 1.82) is 0 Å². The van der Waals surface area contributed by atoms with Crippen molar-refractivity contribution >= 4 is 46.4 Å². The number of rotatable bonds is 3. The molecule has 0 heterocycles. The van der Waals surface area contributed by atoms with E-state index in [2.05, 4.69) is 0 Å². The molecule has 0 saturated carbocycles. The third kappa shape index (κ3) is 3.36. The van der Waals surface area contributed by atoms with Gasteiger partial charge in [-0.15, -0.1) is 0 Å². The molecule has 0 aromatic heterocycles. The van der Waals surface area contributed by atoms with E-state index in [-0.39, 0.29) is 0 Å². The molecule has 2 N–H and O–H groups in total. The lowest BCUT2D eigenvalue weighted by Gasteiger charge is -2.12. The molecule has 0 spiro atoms. The van der Waals surface area contributed by atoms with Crippen LogP contribution in [0.15, 0.2) is 30.3 Å². The molecule has 0 amide bonds. The van der Waals surface area contributed by atoms with Gasteiger partial charge in [0.1, 0.15) is 0 Å². The fourth-order valence-electron chi connectivity index (χ4n) is 1.92. The van der Waals surface area contributed by atoms with Crippen LogP contribution < -0.4 is 5.73 Å². The Labute approximate surface area is 132 Å². The lowest BCUT2D eigenvalue weighted by molar-refractivity contribution is 0.971. The topological polar surface area (TPSA) is 26.0 Å². The first-order chi connectivity index (χ1) is 9.02. The Hall–Kier alpha value is -0.440. The van der Waals surface area contributed by atoms with Crippen LogP contribution in [0.4, 0.5) is 0 Å². The van der Waals surface area contributed by atoms with Gasteiger partial charge in [0.05, 0.1) is 10.0 Å². The van der Waals surface area contributed by atoms with Crippen molar-refractivity contribution in [2.75, 3.05) is 6.54 Å². The Morgan fingerprint density at radius 1 is 0.789 bits per heavy atom. The van der Waals surface area contributed by atoms with Gasteiger partial charge in [0, 0.05) is 15.6 Å². The van der Waals surface area contributed by atoms with Crippen LogP contribution in [0.1, 0.15) is 5.56 Å². The summed E-state index contributed by atoms with van der Waals surface area (Å²) in [5, 5.41) is 2.12. The number of hydrogen-bond donors (Lipinski definition) is 1. The number of nitrogens with two attached hydrogens (primary N) is 1. The summed E-state index contributed by atoms with van der Waals surface area (Å²) in [7, 11) is 0. The van der Waals surface area contributed by atoms with Crippen molar-refractivity contribution in [3.05, 3.63) is 56.0 Å². The fraction of sp³-hybridized carbons (Fsp3) is 0.143. The highest BCUT2D eigenvalue weighted by Gasteiger charge is 2.12. The van der Waals surface area contributed by atoms with Crippen molar-refractivity contribution in [3.8, 4) is 11.1 Å². The maximum atomic E-state index is 6.24. The molecule has 0 fully saturated rings. The van der Waals surface area contributed by atoms with Gasteiger partial charge in [0.25, 0.3) is 0 Å². The molecule has 1 nitrogen and oxygen atoms in total. The third-order valence-electron chi connectivity index (χ3n) is 2.78. The Morgan fingerprint density at radius 3 is 2.16 bits per heavy atom. The van der Waals surface area contributed by atoms with E-state index in [4.69, 9.17) is 52.1 Å². The molecule has 0 radical (unpaired) electrons. The van der Waals surface area contributed by atoms with E-state index >= 15 is 0 Å². The van der Waals surface area contributed by atoms with E-state index in [0.29, 0.717) is 33.1 Å². The molecule has 2 aromatic rings. The zero-order chi connectivity index (χ0) is 14.0. The molecule has 2 aromatic carbocycles. The van der Waals surface area contributed by atoms with Crippen molar-refractivity contribution in [3.63, 3.8) is 0 Å². The van der Waals surface area contributed by atoms with Gasteiger partial charge in [-0.25, -0.2) is 0 Å². The number of hydrogen-bond acceptors (Lipinski definition) is 1. The molecule has 2 rings (SSSR count). The van der Waals surface area contributed by atoms with E-state index in [9.17, 15) is 0 Å². The van der Waals surface area contributed by atoms with Gasteiger partial charge in [-0.1, -0.05) is 52.5 Å². The number of halogens is 4. The molecule has 0 aliphatic rings. The van der Waals surface area contributed by atoms with Crippen molar-refractivity contribution < 1.29 is 0 Å². The van der Waals surface area contributed by atoms with E-state index < -0.39 is 0 Å². The van der Waals surface area contributed by atoms with Gasteiger partial charge < -0.3 is 5.73 Å². The Kier molecular flexibility index (Phi) is 4.99. The highest BCUT2D eigenvalue weighted by atomic mass is 35.5. The van der Waals surface area contributed by atoms with E-state index in [1.807, 2.05) is 18.2 Å². The molecular formula is C14H11Cl4N. The molecule has 0 aliphatic carbocycles. The van der Waals surface area contributed by atoms with E-state index in [1.54, 1.807) is 12.1 Å². The van der Waals surface area contributed by atoms with E-state index in [1.165, 1.54) is 0 Å². The second-order valence-electron chi connectivity index (χ2n) is 4.09. The quantitative estimate of drug-likeness (QED) is 0.740. The number of benzene rings is 2. The van der Waals surface area contributed by atoms with Crippen LogP contribution >= 0.6 is 46.4 Å². The fourth-order valence-corrected chi connectivity index (χ4v) is 2.76.